The number of esters is 3. The van der Waals surface area contributed by atoms with Crippen molar-refractivity contribution < 1.29 is 28.6 Å². The summed E-state index contributed by atoms with van der Waals surface area (Å²) in [6, 6.07) is 0. The zero-order valence-corrected chi connectivity index (χ0v) is 50.4. The molecule has 0 saturated carbocycles. The fourth-order valence-electron chi connectivity index (χ4n) is 10.4. The van der Waals surface area contributed by atoms with E-state index in [1.807, 2.05) is 0 Å². The number of rotatable bonds is 63. The van der Waals surface area contributed by atoms with Gasteiger partial charge in [0.05, 0.1) is 0 Å². The number of allylic oxidation sites excluding steroid dienone is 2. The van der Waals surface area contributed by atoms with Crippen molar-refractivity contribution in [3.05, 3.63) is 12.2 Å². The van der Waals surface area contributed by atoms with Crippen LogP contribution in [-0.4, -0.2) is 37.2 Å². The molecule has 74 heavy (non-hydrogen) atoms. The van der Waals surface area contributed by atoms with Crippen molar-refractivity contribution in [2.45, 2.75) is 393 Å². The summed E-state index contributed by atoms with van der Waals surface area (Å²) in [5, 5.41) is 0. The van der Waals surface area contributed by atoms with Gasteiger partial charge in [0.15, 0.2) is 6.10 Å². The maximum Gasteiger partial charge on any atom is 0.306 e. The summed E-state index contributed by atoms with van der Waals surface area (Å²) < 4.78 is 17.0. The average molecular weight is 1040 g/mol. The fraction of sp³-hybridized carbons (Fsp3) is 0.926. The zero-order valence-electron chi connectivity index (χ0n) is 50.4. The van der Waals surface area contributed by atoms with E-state index in [1.54, 1.807) is 0 Å². The Morgan fingerprint density at radius 2 is 0.446 bits per heavy atom. The van der Waals surface area contributed by atoms with E-state index in [-0.39, 0.29) is 31.1 Å². The van der Waals surface area contributed by atoms with E-state index >= 15 is 0 Å². The highest BCUT2D eigenvalue weighted by Crippen LogP contribution is 2.19. The molecule has 0 saturated heterocycles. The van der Waals surface area contributed by atoms with Gasteiger partial charge < -0.3 is 14.2 Å². The molecule has 0 aromatic rings. The molecular weight excluding hydrogens is 913 g/mol. The van der Waals surface area contributed by atoms with Gasteiger partial charge in [0, 0.05) is 19.3 Å². The molecule has 1 unspecified atom stereocenters. The monoisotopic (exact) mass is 1040 g/mol. The molecule has 0 radical (unpaired) electrons. The summed E-state index contributed by atoms with van der Waals surface area (Å²) in [5.41, 5.74) is 0. The van der Waals surface area contributed by atoms with Gasteiger partial charge >= 0.3 is 17.9 Å². The van der Waals surface area contributed by atoms with Crippen LogP contribution in [0.2, 0.25) is 0 Å². The summed E-state index contributed by atoms with van der Waals surface area (Å²) >= 11 is 0. The Morgan fingerprint density at radius 3 is 0.676 bits per heavy atom. The first-order valence-electron chi connectivity index (χ1n) is 33.7. The molecule has 0 bridgehead atoms. The molecule has 0 amide bonds. The van der Waals surface area contributed by atoms with Crippen molar-refractivity contribution >= 4 is 17.9 Å². The van der Waals surface area contributed by atoms with Crippen molar-refractivity contribution in [2.75, 3.05) is 13.2 Å². The minimum absolute atomic E-state index is 0.0658. The number of unbranched alkanes of at least 4 members (excludes halogenated alkanes) is 50. The normalized spacial score (nSPS) is 12.0. The van der Waals surface area contributed by atoms with Gasteiger partial charge in [-0.2, -0.15) is 0 Å². The standard InChI is InChI=1S/C68H130O6/c1-4-7-10-13-16-19-22-25-28-30-32-34-36-38-40-43-46-49-52-55-58-61-67(70)73-64-65(63-72-66(69)60-57-54-51-48-45-42-27-24-21-18-15-12-9-6-3)74-68(71)62-59-56-53-50-47-44-41-39-37-35-33-31-29-26-23-20-17-14-11-8-5-2/h24,27,65H,4-23,25-26,28-64H2,1-3H3/b27-24-. The van der Waals surface area contributed by atoms with E-state index in [1.165, 1.54) is 283 Å². The Bertz CT molecular complexity index is 1150. The topological polar surface area (TPSA) is 78.9 Å². The average Bonchev–Trinajstić information content (AvgIpc) is 3.40. The van der Waals surface area contributed by atoms with Gasteiger partial charge in [-0.05, 0) is 44.9 Å². The quantitative estimate of drug-likeness (QED) is 0.0261. The Morgan fingerprint density at radius 1 is 0.257 bits per heavy atom. The maximum atomic E-state index is 12.9. The van der Waals surface area contributed by atoms with Crippen molar-refractivity contribution in [1.82, 2.24) is 0 Å². The largest absolute Gasteiger partial charge is 0.462 e. The number of hydrogen-bond acceptors (Lipinski definition) is 6. The van der Waals surface area contributed by atoms with E-state index in [0.29, 0.717) is 19.3 Å². The third-order valence-electron chi connectivity index (χ3n) is 15.5. The predicted molar refractivity (Wildman–Crippen MR) is 321 cm³/mol. The first kappa shape index (κ1) is 72.2. The molecule has 0 fully saturated rings. The lowest BCUT2D eigenvalue weighted by Crippen LogP contribution is -2.30. The van der Waals surface area contributed by atoms with E-state index in [2.05, 4.69) is 32.9 Å². The minimum Gasteiger partial charge on any atom is -0.462 e. The molecular formula is C68H130O6. The van der Waals surface area contributed by atoms with Crippen LogP contribution in [0.25, 0.3) is 0 Å². The Balaban J connectivity index is 4.26. The molecule has 6 heteroatoms. The molecule has 0 spiro atoms. The molecule has 0 rings (SSSR count). The van der Waals surface area contributed by atoms with E-state index < -0.39 is 6.10 Å². The van der Waals surface area contributed by atoms with Crippen LogP contribution < -0.4 is 0 Å². The van der Waals surface area contributed by atoms with Crippen molar-refractivity contribution in [1.29, 1.82) is 0 Å². The molecule has 0 aromatic heterocycles. The van der Waals surface area contributed by atoms with Gasteiger partial charge in [0.2, 0.25) is 0 Å². The second-order valence-corrected chi connectivity index (χ2v) is 23.1. The second kappa shape index (κ2) is 63.7. The molecule has 0 aromatic carbocycles. The molecule has 438 valence electrons. The van der Waals surface area contributed by atoms with Crippen molar-refractivity contribution in [3.8, 4) is 0 Å². The minimum atomic E-state index is -0.769. The van der Waals surface area contributed by atoms with Crippen LogP contribution >= 0.6 is 0 Å². The van der Waals surface area contributed by atoms with Crippen LogP contribution in [0.15, 0.2) is 12.2 Å². The number of carbonyl (C=O) groups is 3. The van der Waals surface area contributed by atoms with Gasteiger partial charge in [-0.1, -0.05) is 335 Å². The molecule has 0 N–H and O–H groups in total. The Labute approximate surface area is 462 Å². The number of carbonyl (C=O) groups excluding carboxylic acids is 3. The highest BCUT2D eigenvalue weighted by Gasteiger charge is 2.19. The highest BCUT2D eigenvalue weighted by molar-refractivity contribution is 5.71. The smallest absolute Gasteiger partial charge is 0.306 e. The number of hydrogen-bond donors (Lipinski definition) is 0. The van der Waals surface area contributed by atoms with Gasteiger partial charge in [-0.25, -0.2) is 0 Å². The maximum absolute atomic E-state index is 12.9. The highest BCUT2D eigenvalue weighted by atomic mass is 16.6. The van der Waals surface area contributed by atoms with Crippen LogP contribution in [0, 0.1) is 0 Å². The molecule has 0 aliphatic heterocycles. The first-order valence-corrected chi connectivity index (χ1v) is 33.7. The summed E-state index contributed by atoms with van der Waals surface area (Å²) in [5.74, 6) is -0.841. The van der Waals surface area contributed by atoms with Crippen molar-refractivity contribution in [2.24, 2.45) is 0 Å². The fourth-order valence-corrected chi connectivity index (χ4v) is 10.4. The Hall–Kier alpha value is -1.85. The van der Waals surface area contributed by atoms with Gasteiger partial charge in [-0.3, -0.25) is 14.4 Å². The van der Waals surface area contributed by atoms with E-state index in [0.717, 1.165) is 64.2 Å². The SMILES string of the molecule is CCCCCCC/C=C\CCCCCCCC(=O)OCC(COC(=O)CCCCCCCCCCCCCCCCCCCCCCC)OC(=O)CCCCCCCCCCCCCCCCCCCCCCC. The van der Waals surface area contributed by atoms with Crippen LogP contribution in [-0.2, 0) is 28.6 Å². The summed E-state index contributed by atoms with van der Waals surface area (Å²) in [7, 11) is 0. The lowest BCUT2D eigenvalue weighted by molar-refractivity contribution is -0.167. The molecule has 0 aliphatic carbocycles. The number of ether oxygens (including phenoxy) is 3. The summed E-state index contributed by atoms with van der Waals surface area (Å²) in [6.07, 6.45) is 75.1. The summed E-state index contributed by atoms with van der Waals surface area (Å²) in [6.45, 7) is 6.71. The predicted octanol–water partition coefficient (Wildman–Crippen LogP) is 22.8. The third-order valence-corrected chi connectivity index (χ3v) is 15.5. The molecule has 0 aliphatic rings. The zero-order chi connectivity index (χ0) is 53.6. The molecule has 1 atom stereocenters. The molecule has 0 heterocycles. The second-order valence-electron chi connectivity index (χ2n) is 23.1. The van der Waals surface area contributed by atoms with Crippen LogP contribution in [0.4, 0.5) is 0 Å². The van der Waals surface area contributed by atoms with Crippen LogP contribution in [0.1, 0.15) is 387 Å². The van der Waals surface area contributed by atoms with Crippen molar-refractivity contribution in [3.63, 3.8) is 0 Å². The first-order chi connectivity index (χ1) is 36.5. The third kappa shape index (κ3) is 61.0. The molecule has 6 nitrogen and oxygen atoms in total. The van der Waals surface area contributed by atoms with Gasteiger partial charge in [0.1, 0.15) is 13.2 Å². The van der Waals surface area contributed by atoms with Crippen LogP contribution in [0.3, 0.4) is 0 Å². The Kier molecular flexibility index (Phi) is 62.1. The summed E-state index contributed by atoms with van der Waals surface area (Å²) in [4.78, 5) is 38.4. The van der Waals surface area contributed by atoms with E-state index in [4.69, 9.17) is 14.2 Å². The lowest BCUT2D eigenvalue weighted by Gasteiger charge is -2.18. The van der Waals surface area contributed by atoms with Crippen LogP contribution in [0.5, 0.6) is 0 Å². The van der Waals surface area contributed by atoms with Gasteiger partial charge in [-0.15, -0.1) is 0 Å². The lowest BCUT2D eigenvalue weighted by atomic mass is 10.0. The van der Waals surface area contributed by atoms with Gasteiger partial charge in [0.25, 0.3) is 0 Å². The van der Waals surface area contributed by atoms with E-state index in [9.17, 15) is 14.4 Å².